The number of benzene rings is 1. The first-order chi connectivity index (χ1) is 11.2. The molecule has 0 radical (unpaired) electrons. The van der Waals surface area contributed by atoms with Crippen LogP contribution in [0, 0.1) is 0 Å². The van der Waals surface area contributed by atoms with E-state index in [2.05, 4.69) is 10.6 Å². The van der Waals surface area contributed by atoms with Crippen molar-refractivity contribution in [2.24, 2.45) is 0 Å². The Morgan fingerprint density at radius 3 is 2.74 bits per heavy atom. The molecule has 1 saturated heterocycles. The van der Waals surface area contributed by atoms with Crippen LogP contribution in [0.2, 0.25) is 0 Å². The van der Waals surface area contributed by atoms with Gasteiger partial charge in [0.1, 0.15) is 5.60 Å². The lowest BCUT2D eigenvalue weighted by atomic mass is 9.91. The second-order valence-electron chi connectivity index (χ2n) is 5.96. The standard InChI is InChI=1S/C17H24N2O4/c1-21-17(5-7-18-8-6-17)16(20)19-12-13-3-4-14-15(11-13)23-10-2-9-22-14/h3-4,11,18H,2,5-10,12H2,1H3,(H,19,20). The van der Waals surface area contributed by atoms with Gasteiger partial charge in [-0.05, 0) is 43.6 Å². The quantitative estimate of drug-likeness (QED) is 0.873. The third-order valence-electron chi connectivity index (χ3n) is 4.48. The molecular weight excluding hydrogens is 296 g/mol. The molecule has 0 bridgehead atoms. The second-order valence-corrected chi connectivity index (χ2v) is 5.96. The molecule has 1 aromatic carbocycles. The van der Waals surface area contributed by atoms with E-state index in [1.807, 2.05) is 18.2 Å². The molecule has 0 unspecified atom stereocenters. The topological polar surface area (TPSA) is 68.8 Å². The number of carbonyl (C=O) groups is 1. The lowest BCUT2D eigenvalue weighted by Gasteiger charge is -2.34. The smallest absolute Gasteiger partial charge is 0.252 e. The normalized spacial score (nSPS) is 19.7. The number of nitrogens with one attached hydrogen (secondary N) is 2. The zero-order valence-corrected chi connectivity index (χ0v) is 13.5. The molecule has 0 aliphatic carbocycles. The first-order valence-electron chi connectivity index (χ1n) is 8.16. The average Bonchev–Trinajstić information content (AvgIpc) is 2.85. The molecule has 126 valence electrons. The van der Waals surface area contributed by atoms with Crippen LogP contribution in [0.25, 0.3) is 0 Å². The highest BCUT2D eigenvalue weighted by atomic mass is 16.5. The van der Waals surface area contributed by atoms with E-state index in [1.54, 1.807) is 7.11 Å². The Morgan fingerprint density at radius 1 is 1.26 bits per heavy atom. The van der Waals surface area contributed by atoms with Crippen LogP contribution in [-0.2, 0) is 16.1 Å². The molecule has 0 saturated carbocycles. The van der Waals surface area contributed by atoms with Crippen LogP contribution < -0.4 is 20.1 Å². The Morgan fingerprint density at radius 2 is 2.00 bits per heavy atom. The minimum atomic E-state index is -0.712. The van der Waals surface area contributed by atoms with E-state index < -0.39 is 5.60 Å². The summed E-state index contributed by atoms with van der Waals surface area (Å²) in [6.45, 7) is 3.38. The molecule has 1 amide bonds. The maximum atomic E-state index is 12.5. The van der Waals surface area contributed by atoms with Gasteiger partial charge >= 0.3 is 0 Å². The number of fused-ring (bicyclic) bond motifs is 1. The van der Waals surface area contributed by atoms with Crippen LogP contribution in [0.15, 0.2) is 18.2 Å². The van der Waals surface area contributed by atoms with Gasteiger partial charge in [0.05, 0.1) is 13.2 Å². The number of ether oxygens (including phenoxy) is 3. The predicted octanol–water partition coefficient (Wildman–Crippen LogP) is 1.23. The Balaban J connectivity index is 1.63. The highest BCUT2D eigenvalue weighted by Crippen LogP contribution is 2.30. The Labute approximate surface area is 136 Å². The predicted molar refractivity (Wildman–Crippen MR) is 85.7 cm³/mol. The van der Waals surface area contributed by atoms with Gasteiger partial charge in [-0.2, -0.15) is 0 Å². The molecule has 0 atom stereocenters. The third kappa shape index (κ3) is 3.59. The van der Waals surface area contributed by atoms with Crippen molar-refractivity contribution in [3.8, 4) is 11.5 Å². The fourth-order valence-electron chi connectivity index (χ4n) is 3.02. The SMILES string of the molecule is COC1(C(=O)NCc2ccc3c(c2)OCCCO3)CCNCC1. The van der Waals surface area contributed by atoms with E-state index in [0.717, 1.165) is 36.6 Å². The minimum Gasteiger partial charge on any atom is -0.490 e. The molecule has 3 rings (SSSR count). The van der Waals surface area contributed by atoms with E-state index in [0.29, 0.717) is 32.6 Å². The fourth-order valence-corrected chi connectivity index (χ4v) is 3.02. The maximum Gasteiger partial charge on any atom is 0.252 e. The van der Waals surface area contributed by atoms with Gasteiger partial charge < -0.3 is 24.8 Å². The van der Waals surface area contributed by atoms with E-state index >= 15 is 0 Å². The summed E-state index contributed by atoms with van der Waals surface area (Å²) in [5.74, 6) is 1.47. The molecule has 6 heteroatoms. The van der Waals surface area contributed by atoms with Crippen LogP contribution in [-0.4, -0.2) is 44.9 Å². The number of carbonyl (C=O) groups excluding carboxylic acids is 1. The zero-order chi connectivity index (χ0) is 16.1. The zero-order valence-electron chi connectivity index (χ0n) is 13.5. The van der Waals surface area contributed by atoms with Crippen molar-refractivity contribution in [1.82, 2.24) is 10.6 Å². The van der Waals surface area contributed by atoms with Crippen molar-refractivity contribution in [2.75, 3.05) is 33.4 Å². The van der Waals surface area contributed by atoms with Crippen LogP contribution in [0.3, 0.4) is 0 Å². The first-order valence-corrected chi connectivity index (χ1v) is 8.16. The van der Waals surface area contributed by atoms with Crippen LogP contribution >= 0.6 is 0 Å². The van der Waals surface area contributed by atoms with Crippen LogP contribution in [0.1, 0.15) is 24.8 Å². The number of methoxy groups -OCH3 is 1. The van der Waals surface area contributed by atoms with Gasteiger partial charge in [0.2, 0.25) is 0 Å². The molecule has 1 fully saturated rings. The van der Waals surface area contributed by atoms with Crippen molar-refractivity contribution < 1.29 is 19.0 Å². The summed E-state index contributed by atoms with van der Waals surface area (Å²) in [7, 11) is 1.61. The van der Waals surface area contributed by atoms with Crippen molar-refractivity contribution >= 4 is 5.91 Å². The van der Waals surface area contributed by atoms with Gasteiger partial charge in [-0.15, -0.1) is 0 Å². The second kappa shape index (κ2) is 7.19. The molecule has 23 heavy (non-hydrogen) atoms. The largest absolute Gasteiger partial charge is 0.490 e. The molecule has 2 heterocycles. The van der Waals surface area contributed by atoms with Crippen molar-refractivity contribution in [3.63, 3.8) is 0 Å². The number of hydrogen-bond acceptors (Lipinski definition) is 5. The number of hydrogen-bond donors (Lipinski definition) is 2. The lowest BCUT2D eigenvalue weighted by molar-refractivity contribution is -0.146. The van der Waals surface area contributed by atoms with Gasteiger partial charge in [-0.1, -0.05) is 6.07 Å². The van der Waals surface area contributed by atoms with Crippen LogP contribution in [0.5, 0.6) is 11.5 Å². The van der Waals surface area contributed by atoms with Crippen molar-refractivity contribution in [3.05, 3.63) is 23.8 Å². The van der Waals surface area contributed by atoms with Gasteiger partial charge in [0, 0.05) is 20.1 Å². The highest BCUT2D eigenvalue weighted by molar-refractivity contribution is 5.85. The summed E-state index contributed by atoms with van der Waals surface area (Å²) in [4.78, 5) is 12.5. The summed E-state index contributed by atoms with van der Waals surface area (Å²) < 4.78 is 16.8. The Hall–Kier alpha value is -1.79. The van der Waals surface area contributed by atoms with E-state index in [4.69, 9.17) is 14.2 Å². The molecule has 0 spiro atoms. The van der Waals surface area contributed by atoms with Gasteiger partial charge in [0.15, 0.2) is 11.5 Å². The molecule has 0 aromatic heterocycles. The van der Waals surface area contributed by atoms with Gasteiger partial charge in [0.25, 0.3) is 5.91 Å². The monoisotopic (exact) mass is 320 g/mol. The fraction of sp³-hybridized carbons (Fsp3) is 0.588. The average molecular weight is 320 g/mol. The van der Waals surface area contributed by atoms with Crippen molar-refractivity contribution in [2.45, 2.75) is 31.4 Å². The molecular formula is C17H24N2O4. The molecule has 1 aromatic rings. The number of rotatable bonds is 4. The molecule has 2 aliphatic heterocycles. The third-order valence-corrected chi connectivity index (χ3v) is 4.48. The highest BCUT2D eigenvalue weighted by Gasteiger charge is 2.39. The van der Waals surface area contributed by atoms with E-state index in [9.17, 15) is 4.79 Å². The Bertz CT molecular complexity index is 556. The summed E-state index contributed by atoms with van der Waals surface area (Å²) in [6.07, 6.45) is 2.26. The van der Waals surface area contributed by atoms with Gasteiger partial charge in [-0.3, -0.25) is 4.79 Å². The van der Waals surface area contributed by atoms with E-state index in [-0.39, 0.29) is 5.91 Å². The summed E-state index contributed by atoms with van der Waals surface area (Å²) >= 11 is 0. The summed E-state index contributed by atoms with van der Waals surface area (Å²) in [5, 5.41) is 6.25. The number of amides is 1. The van der Waals surface area contributed by atoms with Gasteiger partial charge in [-0.25, -0.2) is 0 Å². The van der Waals surface area contributed by atoms with E-state index in [1.165, 1.54) is 0 Å². The first kappa shape index (κ1) is 16.1. The summed E-state index contributed by atoms with van der Waals surface area (Å²) in [5.41, 5.74) is 0.277. The molecule has 2 N–H and O–H groups in total. The number of piperidine rings is 1. The van der Waals surface area contributed by atoms with Crippen LogP contribution in [0.4, 0.5) is 0 Å². The molecule has 2 aliphatic rings. The Kier molecular flexibility index (Phi) is 5.03. The van der Waals surface area contributed by atoms with Crippen molar-refractivity contribution in [1.29, 1.82) is 0 Å². The minimum absolute atomic E-state index is 0.0476. The summed E-state index contributed by atoms with van der Waals surface area (Å²) in [6, 6.07) is 5.79. The lowest BCUT2D eigenvalue weighted by Crippen LogP contribution is -2.53. The maximum absolute atomic E-state index is 12.5. The molecule has 6 nitrogen and oxygen atoms in total.